The maximum Gasteiger partial charge on any atom is 0.198 e. The molecule has 26 heavy (non-hydrogen) atoms. The first-order chi connectivity index (χ1) is 12.2. The fraction of sp³-hybridized carbons (Fsp3) is 0.348. The summed E-state index contributed by atoms with van der Waals surface area (Å²) in [4.78, 5) is 13.0. The molecule has 2 aromatic rings. The van der Waals surface area contributed by atoms with E-state index in [0.29, 0.717) is 5.57 Å². The third-order valence-electron chi connectivity index (χ3n) is 4.95. The van der Waals surface area contributed by atoms with Gasteiger partial charge in [-0.3, -0.25) is 4.79 Å². The molecule has 0 amide bonds. The molecule has 3 heteroatoms. The summed E-state index contributed by atoms with van der Waals surface area (Å²) < 4.78 is 5.85. The van der Waals surface area contributed by atoms with Crippen molar-refractivity contribution in [3.63, 3.8) is 0 Å². The van der Waals surface area contributed by atoms with Crippen LogP contribution in [0, 0.1) is 0 Å². The van der Waals surface area contributed by atoms with Gasteiger partial charge in [0.05, 0.1) is 5.57 Å². The predicted octanol–water partition coefficient (Wildman–Crippen LogP) is 5.34. The van der Waals surface area contributed by atoms with Crippen LogP contribution in [0.25, 0.3) is 16.7 Å². The first kappa shape index (κ1) is 18.4. The number of hydrogen-bond acceptors (Lipinski definition) is 3. The Hall–Kier alpha value is -2.39. The summed E-state index contributed by atoms with van der Waals surface area (Å²) in [6.45, 7) is 9.16. The second-order valence-corrected chi connectivity index (χ2v) is 7.77. The molecule has 1 aliphatic rings. The number of carbonyl (C=O) groups excluding carboxylic acids is 1. The average Bonchev–Trinajstić information content (AvgIpc) is 2.60. The molecule has 3 rings (SSSR count). The summed E-state index contributed by atoms with van der Waals surface area (Å²) in [7, 11) is 0. The van der Waals surface area contributed by atoms with Crippen molar-refractivity contribution in [1.82, 2.24) is 0 Å². The van der Waals surface area contributed by atoms with Gasteiger partial charge in [0.2, 0.25) is 0 Å². The first-order valence-electron chi connectivity index (χ1n) is 9.05. The standard InChI is InChI=1S/C23H26O3/c1-6-15-14-17(16-10-8-7-9-11-16)12-13-18(15)19-20(24)22(2,3)26-23(4,5)21(19)25/h7-14,24H,6H2,1-5H3. The molecule has 0 aliphatic carbocycles. The van der Waals surface area contributed by atoms with Crippen LogP contribution >= 0.6 is 0 Å². The van der Waals surface area contributed by atoms with Crippen LogP contribution in [0.3, 0.4) is 0 Å². The summed E-state index contributed by atoms with van der Waals surface area (Å²) in [5, 5.41) is 10.8. The molecular formula is C23H26O3. The van der Waals surface area contributed by atoms with Crippen LogP contribution in [-0.4, -0.2) is 22.1 Å². The number of benzene rings is 2. The van der Waals surface area contributed by atoms with Gasteiger partial charge in [-0.05, 0) is 56.4 Å². The molecule has 1 heterocycles. The van der Waals surface area contributed by atoms with Gasteiger partial charge in [-0.15, -0.1) is 0 Å². The highest BCUT2D eigenvalue weighted by Crippen LogP contribution is 2.41. The Kier molecular flexibility index (Phi) is 4.53. The second-order valence-electron chi connectivity index (χ2n) is 7.77. The molecule has 1 N–H and O–H groups in total. The third kappa shape index (κ3) is 3.08. The van der Waals surface area contributed by atoms with Gasteiger partial charge in [-0.2, -0.15) is 0 Å². The van der Waals surface area contributed by atoms with Crippen molar-refractivity contribution < 1.29 is 14.6 Å². The number of rotatable bonds is 3. The Morgan fingerprint density at radius 3 is 2.19 bits per heavy atom. The second kappa shape index (κ2) is 6.40. The Morgan fingerprint density at radius 1 is 0.923 bits per heavy atom. The van der Waals surface area contributed by atoms with E-state index in [4.69, 9.17) is 4.74 Å². The molecule has 0 radical (unpaired) electrons. The molecule has 3 nitrogen and oxygen atoms in total. The van der Waals surface area contributed by atoms with Crippen LogP contribution in [-0.2, 0) is 16.0 Å². The van der Waals surface area contributed by atoms with Gasteiger partial charge in [-0.25, -0.2) is 0 Å². The molecule has 0 unspecified atom stereocenters. The summed E-state index contributed by atoms with van der Waals surface area (Å²) in [5.74, 6) is -0.180. The monoisotopic (exact) mass is 350 g/mol. The van der Waals surface area contributed by atoms with Crippen LogP contribution in [0.1, 0.15) is 45.7 Å². The van der Waals surface area contributed by atoms with E-state index in [1.54, 1.807) is 27.7 Å². The molecule has 0 atom stereocenters. The maximum absolute atomic E-state index is 13.0. The van der Waals surface area contributed by atoms with Crippen molar-refractivity contribution in [2.24, 2.45) is 0 Å². The van der Waals surface area contributed by atoms with Crippen molar-refractivity contribution >= 4 is 11.4 Å². The molecule has 0 saturated carbocycles. The molecule has 0 bridgehead atoms. The molecule has 0 spiro atoms. The molecule has 0 saturated heterocycles. The predicted molar refractivity (Wildman–Crippen MR) is 105 cm³/mol. The minimum atomic E-state index is -0.978. The lowest BCUT2D eigenvalue weighted by molar-refractivity contribution is -0.158. The topological polar surface area (TPSA) is 46.5 Å². The number of aliphatic hydroxyl groups is 1. The van der Waals surface area contributed by atoms with E-state index in [1.165, 1.54) is 0 Å². The van der Waals surface area contributed by atoms with E-state index >= 15 is 0 Å². The molecule has 2 aromatic carbocycles. The summed E-state index contributed by atoms with van der Waals surface area (Å²) in [5.41, 5.74) is 2.55. The number of ether oxygens (including phenoxy) is 1. The van der Waals surface area contributed by atoms with Gasteiger partial charge in [0, 0.05) is 0 Å². The van der Waals surface area contributed by atoms with E-state index in [2.05, 4.69) is 25.1 Å². The van der Waals surface area contributed by atoms with Crippen LogP contribution < -0.4 is 0 Å². The SMILES string of the molecule is CCc1cc(-c2ccccc2)ccc1C1=C(O)C(C)(C)OC(C)(C)C1=O. The van der Waals surface area contributed by atoms with Crippen LogP contribution in [0.4, 0.5) is 0 Å². The van der Waals surface area contributed by atoms with Crippen LogP contribution in [0.15, 0.2) is 54.3 Å². The zero-order valence-corrected chi connectivity index (χ0v) is 16.1. The minimum absolute atomic E-state index is 0.00369. The highest BCUT2D eigenvalue weighted by atomic mass is 16.5. The Bertz CT molecular complexity index is 874. The maximum atomic E-state index is 13.0. The van der Waals surface area contributed by atoms with Crippen molar-refractivity contribution in [3.8, 4) is 11.1 Å². The van der Waals surface area contributed by atoms with E-state index in [-0.39, 0.29) is 11.5 Å². The van der Waals surface area contributed by atoms with E-state index < -0.39 is 11.2 Å². The summed E-state index contributed by atoms with van der Waals surface area (Å²) >= 11 is 0. The largest absolute Gasteiger partial charge is 0.508 e. The van der Waals surface area contributed by atoms with Crippen LogP contribution in [0.5, 0.6) is 0 Å². The molecule has 0 aromatic heterocycles. The molecule has 0 fully saturated rings. The summed E-state index contributed by atoms with van der Waals surface area (Å²) in [6.07, 6.45) is 0.766. The number of aryl methyl sites for hydroxylation is 1. The Labute approximate surface area is 155 Å². The van der Waals surface area contributed by atoms with Gasteiger partial charge < -0.3 is 9.84 Å². The average molecular weight is 350 g/mol. The van der Waals surface area contributed by atoms with Gasteiger partial charge in [0.25, 0.3) is 0 Å². The van der Waals surface area contributed by atoms with Crippen molar-refractivity contribution in [2.45, 2.75) is 52.2 Å². The fourth-order valence-electron chi connectivity index (χ4n) is 3.63. The van der Waals surface area contributed by atoms with Gasteiger partial charge in [0.15, 0.2) is 5.78 Å². The van der Waals surface area contributed by atoms with E-state index in [1.807, 2.05) is 30.3 Å². The first-order valence-corrected chi connectivity index (χ1v) is 9.05. The Morgan fingerprint density at radius 2 is 1.58 bits per heavy atom. The van der Waals surface area contributed by atoms with Crippen molar-refractivity contribution in [3.05, 3.63) is 65.4 Å². The zero-order chi connectivity index (χ0) is 19.1. The number of hydrogen-bond donors (Lipinski definition) is 1. The van der Waals surface area contributed by atoms with E-state index in [0.717, 1.165) is 28.7 Å². The van der Waals surface area contributed by atoms with Gasteiger partial charge in [0.1, 0.15) is 17.0 Å². The fourth-order valence-corrected chi connectivity index (χ4v) is 3.63. The lowest BCUT2D eigenvalue weighted by atomic mass is 9.81. The number of Topliss-reactive ketones (excluding diaryl/α,β-unsaturated/α-hetero) is 1. The summed E-state index contributed by atoms with van der Waals surface area (Å²) in [6, 6.07) is 16.2. The van der Waals surface area contributed by atoms with Crippen molar-refractivity contribution in [1.29, 1.82) is 0 Å². The third-order valence-corrected chi connectivity index (χ3v) is 4.95. The molecule has 136 valence electrons. The number of aliphatic hydroxyl groups excluding tert-OH is 1. The van der Waals surface area contributed by atoms with Crippen molar-refractivity contribution in [2.75, 3.05) is 0 Å². The smallest absolute Gasteiger partial charge is 0.198 e. The van der Waals surface area contributed by atoms with Gasteiger partial charge >= 0.3 is 0 Å². The minimum Gasteiger partial charge on any atom is -0.508 e. The highest BCUT2D eigenvalue weighted by molar-refractivity contribution is 6.26. The normalized spacial score (nSPS) is 18.9. The number of ketones is 1. The van der Waals surface area contributed by atoms with Gasteiger partial charge in [-0.1, -0.05) is 55.5 Å². The lowest BCUT2D eigenvalue weighted by Gasteiger charge is -2.40. The highest BCUT2D eigenvalue weighted by Gasteiger charge is 2.47. The Balaban J connectivity index is 2.18. The van der Waals surface area contributed by atoms with Crippen LogP contribution in [0.2, 0.25) is 0 Å². The quantitative estimate of drug-likeness (QED) is 0.812. The van der Waals surface area contributed by atoms with E-state index in [9.17, 15) is 9.90 Å². The molecular weight excluding hydrogens is 324 g/mol. The lowest BCUT2D eigenvalue weighted by Crippen LogP contribution is -2.49. The molecule has 1 aliphatic heterocycles. The zero-order valence-electron chi connectivity index (χ0n) is 16.1. The number of carbonyl (C=O) groups is 1.